The quantitative estimate of drug-likeness (QED) is 0.831. The minimum atomic E-state index is -3.59. The summed E-state index contributed by atoms with van der Waals surface area (Å²) >= 11 is 5.04. The summed E-state index contributed by atoms with van der Waals surface area (Å²) in [6, 6.07) is 5.34. The number of piperidine rings is 1. The molecule has 0 spiro atoms. The minimum Gasteiger partial charge on any atom is -0.389 e. The summed E-state index contributed by atoms with van der Waals surface area (Å²) < 4.78 is 29.3. The molecule has 21 heavy (non-hydrogen) atoms. The van der Waals surface area contributed by atoms with E-state index in [0.29, 0.717) is 17.8 Å². The summed E-state index contributed by atoms with van der Waals surface area (Å²) in [6.45, 7) is 4.34. The number of rotatable bonds is 4. The number of nitrogens with zero attached hydrogens (tertiary/aromatic N) is 1. The standard InChI is InChI=1S/C14H21N3O2S2/c1-10-6-5-8-12(13(10)14(15)20)16-21(18,19)17-9-4-3-7-11(17)2/h5-6,8,11,16H,3-4,7,9H2,1-2H3,(H2,15,20). The van der Waals surface area contributed by atoms with Gasteiger partial charge in [-0.05, 0) is 38.3 Å². The summed E-state index contributed by atoms with van der Waals surface area (Å²) in [5, 5.41) is 0. The Labute approximate surface area is 131 Å². The van der Waals surface area contributed by atoms with E-state index in [1.54, 1.807) is 12.1 Å². The number of thiocarbonyl (C=S) groups is 1. The van der Waals surface area contributed by atoms with Crippen molar-refractivity contribution < 1.29 is 8.42 Å². The average Bonchev–Trinajstić information content (AvgIpc) is 2.38. The van der Waals surface area contributed by atoms with Crippen LogP contribution in [0.25, 0.3) is 0 Å². The van der Waals surface area contributed by atoms with E-state index in [9.17, 15) is 8.42 Å². The molecule has 3 N–H and O–H groups in total. The van der Waals surface area contributed by atoms with Gasteiger partial charge < -0.3 is 5.73 Å². The molecule has 1 saturated heterocycles. The normalized spacial score (nSPS) is 20.2. The number of benzene rings is 1. The predicted molar refractivity (Wildman–Crippen MR) is 89.6 cm³/mol. The van der Waals surface area contributed by atoms with E-state index in [1.807, 2.05) is 19.9 Å². The molecule has 2 rings (SSSR count). The Morgan fingerprint density at radius 3 is 2.76 bits per heavy atom. The van der Waals surface area contributed by atoms with Crippen molar-refractivity contribution in [2.24, 2.45) is 5.73 Å². The lowest BCUT2D eigenvalue weighted by Crippen LogP contribution is -2.45. The van der Waals surface area contributed by atoms with E-state index in [1.165, 1.54) is 4.31 Å². The number of aryl methyl sites for hydroxylation is 1. The second-order valence-electron chi connectivity index (χ2n) is 5.42. The Kier molecular flexibility index (Phi) is 4.85. The van der Waals surface area contributed by atoms with Gasteiger partial charge in [-0.2, -0.15) is 12.7 Å². The molecule has 1 aromatic rings. The Bertz CT molecular complexity index is 644. The van der Waals surface area contributed by atoms with Gasteiger partial charge in [0.15, 0.2) is 0 Å². The molecule has 0 bridgehead atoms. The van der Waals surface area contributed by atoms with Crippen LogP contribution in [0, 0.1) is 6.92 Å². The van der Waals surface area contributed by atoms with Crippen LogP contribution in [0.1, 0.15) is 37.3 Å². The van der Waals surface area contributed by atoms with E-state index < -0.39 is 10.2 Å². The van der Waals surface area contributed by atoms with Gasteiger partial charge in [0.05, 0.1) is 5.69 Å². The summed E-state index contributed by atoms with van der Waals surface area (Å²) in [6.07, 6.45) is 2.84. The van der Waals surface area contributed by atoms with Crippen molar-refractivity contribution in [1.29, 1.82) is 0 Å². The van der Waals surface area contributed by atoms with Crippen LogP contribution in [0.15, 0.2) is 18.2 Å². The maximum atomic E-state index is 12.6. The van der Waals surface area contributed by atoms with Crippen LogP contribution >= 0.6 is 12.2 Å². The summed E-state index contributed by atoms with van der Waals surface area (Å²) in [7, 11) is -3.59. The molecule has 1 unspecified atom stereocenters. The van der Waals surface area contributed by atoms with Crippen molar-refractivity contribution in [3.05, 3.63) is 29.3 Å². The molecule has 1 atom stereocenters. The lowest BCUT2D eigenvalue weighted by Gasteiger charge is -2.32. The van der Waals surface area contributed by atoms with Gasteiger partial charge in [-0.15, -0.1) is 0 Å². The maximum absolute atomic E-state index is 12.6. The lowest BCUT2D eigenvalue weighted by molar-refractivity contribution is 0.270. The van der Waals surface area contributed by atoms with E-state index in [4.69, 9.17) is 18.0 Å². The number of hydrogen-bond donors (Lipinski definition) is 2. The monoisotopic (exact) mass is 327 g/mol. The van der Waals surface area contributed by atoms with Crippen molar-refractivity contribution in [3.63, 3.8) is 0 Å². The largest absolute Gasteiger partial charge is 0.389 e. The first-order valence-electron chi connectivity index (χ1n) is 7.02. The highest BCUT2D eigenvalue weighted by molar-refractivity contribution is 7.90. The fourth-order valence-corrected chi connectivity index (χ4v) is 4.49. The SMILES string of the molecule is Cc1cccc(NS(=O)(=O)N2CCCCC2C)c1C(N)=S. The minimum absolute atomic E-state index is 0.00865. The van der Waals surface area contributed by atoms with Crippen molar-refractivity contribution in [1.82, 2.24) is 4.31 Å². The molecular weight excluding hydrogens is 306 g/mol. The third-order valence-corrected chi connectivity index (χ3v) is 5.65. The third-order valence-electron chi connectivity index (χ3n) is 3.81. The summed E-state index contributed by atoms with van der Waals surface area (Å²) in [5.74, 6) is 0. The molecule has 0 radical (unpaired) electrons. The molecule has 1 aliphatic heterocycles. The summed E-state index contributed by atoms with van der Waals surface area (Å²) in [4.78, 5) is 0.192. The zero-order valence-electron chi connectivity index (χ0n) is 12.3. The zero-order chi connectivity index (χ0) is 15.6. The smallest absolute Gasteiger partial charge is 0.301 e. The Morgan fingerprint density at radius 1 is 1.43 bits per heavy atom. The number of hydrogen-bond acceptors (Lipinski definition) is 3. The topological polar surface area (TPSA) is 75.4 Å². The molecule has 1 aliphatic rings. The first kappa shape index (κ1) is 16.2. The van der Waals surface area contributed by atoms with Gasteiger partial charge in [0.2, 0.25) is 0 Å². The van der Waals surface area contributed by atoms with E-state index in [2.05, 4.69) is 4.72 Å². The van der Waals surface area contributed by atoms with Crippen LogP contribution in [-0.2, 0) is 10.2 Å². The number of anilines is 1. The van der Waals surface area contributed by atoms with Crippen LogP contribution < -0.4 is 10.5 Å². The van der Waals surface area contributed by atoms with Gasteiger partial charge in [0.25, 0.3) is 0 Å². The van der Waals surface area contributed by atoms with Crippen LogP contribution in [0.4, 0.5) is 5.69 Å². The van der Waals surface area contributed by atoms with Crippen molar-refractivity contribution in [3.8, 4) is 0 Å². The van der Waals surface area contributed by atoms with Gasteiger partial charge >= 0.3 is 10.2 Å². The van der Waals surface area contributed by atoms with Gasteiger partial charge in [-0.1, -0.05) is 30.8 Å². The fourth-order valence-electron chi connectivity index (χ4n) is 2.71. The highest BCUT2D eigenvalue weighted by Crippen LogP contribution is 2.25. The summed E-state index contributed by atoms with van der Waals surface area (Å²) in [5.41, 5.74) is 7.61. The molecule has 116 valence electrons. The van der Waals surface area contributed by atoms with Crippen molar-refractivity contribution in [2.75, 3.05) is 11.3 Å². The molecule has 0 aliphatic carbocycles. The first-order valence-corrected chi connectivity index (χ1v) is 8.87. The second-order valence-corrected chi connectivity index (χ2v) is 7.49. The molecule has 1 fully saturated rings. The van der Waals surface area contributed by atoms with Crippen molar-refractivity contribution >= 4 is 33.1 Å². The molecule has 0 saturated carbocycles. The average molecular weight is 327 g/mol. The molecule has 1 heterocycles. The second kappa shape index (κ2) is 6.29. The van der Waals surface area contributed by atoms with Crippen LogP contribution in [-0.4, -0.2) is 30.3 Å². The van der Waals surface area contributed by atoms with E-state index in [0.717, 1.165) is 24.8 Å². The zero-order valence-corrected chi connectivity index (χ0v) is 13.9. The predicted octanol–water partition coefficient (Wildman–Crippen LogP) is 2.16. The van der Waals surface area contributed by atoms with Crippen molar-refractivity contribution in [2.45, 2.75) is 39.2 Å². The van der Waals surface area contributed by atoms with Gasteiger partial charge in [0.1, 0.15) is 4.99 Å². The van der Waals surface area contributed by atoms with E-state index in [-0.39, 0.29) is 11.0 Å². The number of nitrogens with two attached hydrogens (primary N) is 1. The van der Waals surface area contributed by atoms with Gasteiger partial charge in [0, 0.05) is 18.2 Å². The maximum Gasteiger partial charge on any atom is 0.301 e. The molecular formula is C14H21N3O2S2. The third kappa shape index (κ3) is 3.53. The molecule has 0 aromatic heterocycles. The van der Waals surface area contributed by atoms with Gasteiger partial charge in [-0.25, -0.2) is 0 Å². The fraction of sp³-hybridized carbons (Fsp3) is 0.500. The van der Waals surface area contributed by atoms with Crippen LogP contribution in [0.5, 0.6) is 0 Å². The highest BCUT2D eigenvalue weighted by Gasteiger charge is 2.30. The molecule has 5 nitrogen and oxygen atoms in total. The Hall–Kier alpha value is -1.18. The molecule has 1 aromatic carbocycles. The van der Waals surface area contributed by atoms with Crippen LogP contribution in [0.3, 0.4) is 0 Å². The first-order chi connectivity index (χ1) is 9.83. The lowest BCUT2D eigenvalue weighted by atomic mass is 10.1. The van der Waals surface area contributed by atoms with Crippen LogP contribution in [0.2, 0.25) is 0 Å². The molecule has 0 amide bonds. The Balaban J connectivity index is 2.33. The molecule has 7 heteroatoms. The van der Waals surface area contributed by atoms with Gasteiger partial charge in [-0.3, -0.25) is 4.72 Å². The Morgan fingerprint density at radius 2 is 2.14 bits per heavy atom. The highest BCUT2D eigenvalue weighted by atomic mass is 32.2. The van der Waals surface area contributed by atoms with E-state index >= 15 is 0 Å². The number of nitrogens with one attached hydrogen (secondary N) is 1.